The lowest BCUT2D eigenvalue weighted by Crippen LogP contribution is -2.46. The molecule has 8 nitrogen and oxygen atoms in total. The van der Waals surface area contributed by atoms with Gasteiger partial charge in [-0.05, 0) is 50.4 Å². The van der Waals surface area contributed by atoms with Crippen molar-refractivity contribution in [3.63, 3.8) is 0 Å². The number of urea groups is 1. The molecule has 0 saturated carbocycles. The summed E-state index contributed by atoms with van der Waals surface area (Å²) in [7, 11) is 0. The number of nitrogen functional groups attached to an aromatic ring is 1. The van der Waals surface area contributed by atoms with Crippen LogP contribution in [0.2, 0.25) is 0 Å². The summed E-state index contributed by atoms with van der Waals surface area (Å²) in [6, 6.07) is 5.40. The standard InChI is InChI=1S/C20H25FN6O2/c21-16-10-15(22)2-3-17(16)29-19-11-18(23-13-24-19)25-20(28)27-8-4-14(5-9-27)12-26-6-1-7-26/h2-3,10-11,13-14H,1,4-9,12,22H2,(H,23,24,25,28). The summed E-state index contributed by atoms with van der Waals surface area (Å²) in [5, 5.41) is 2.77. The van der Waals surface area contributed by atoms with Gasteiger partial charge < -0.3 is 20.3 Å². The zero-order chi connectivity index (χ0) is 20.2. The minimum Gasteiger partial charge on any atom is -0.436 e. The Morgan fingerprint density at radius 1 is 1.21 bits per heavy atom. The molecule has 1 aromatic carbocycles. The zero-order valence-electron chi connectivity index (χ0n) is 16.2. The molecular weight excluding hydrogens is 375 g/mol. The third-order valence-electron chi connectivity index (χ3n) is 5.41. The highest BCUT2D eigenvalue weighted by atomic mass is 19.1. The van der Waals surface area contributed by atoms with Gasteiger partial charge in [0.1, 0.15) is 12.1 Å². The molecule has 0 unspecified atom stereocenters. The van der Waals surface area contributed by atoms with Crippen molar-refractivity contribution in [2.24, 2.45) is 5.92 Å². The molecule has 9 heteroatoms. The molecule has 4 rings (SSSR count). The van der Waals surface area contributed by atoms with E-state index in [1.54, 1.807) is 4.90 Å². The molecule has 0 radical (unpaired) electrons. The van der Waals surface area contributed by atoms with Gasteiger partial charge in [0.25, 0.3) is 0 Å². The van der Waals surface area contributed by atoms with E-state index in [1.165, 1.54) is 50.1 Å². The average Bonchev–Trinajstić information content (AvgIpc) is 2.68. The molecule has 2 fully saturated rings. The highest BCUT2D eigenvalue weighted by Crippen LogP contribution is 2.26. The van der Waals surface area contributed by atoms with Crippen LogP contribution in [0.4, 0.5) is 20.7 Å². The Bertz CT molecular complexity index is 868. The Balaban J connectivity index is 1.31. The Hall–Kier alpha value is -2.94. The number of anilines is 2. The monoisotopic (exact) mass is 400 g/mol. The molecule has 2 amide bonds. The Morgan fingerprint density at radius 2 is 2.00 bits per heavy atom. The molecule has 3 N–H and O–H groups in total. The number of likely N-dealkylation sites (tertiary alicyclic amines) is 2. The first kappa shape index (κ1) is 19.4. The Morgan fingerprint density at radius 3 is 2.69 bits per heavy atom. The van der Waals surface area contributed by atoms with E-state index in [1.807, 2.05) is 0 Å². The summed E-state index contributed by atoms with van der Waals surface area (Å²) in [6.07, 6.45) is 4.59. The maximum atomic E-state index is 13.9. The van der Waals surface area contributed by atoms with E-state index in [4.69, 9.17) is 10.5 Å². The normalized spacial score (nSPS) is 17.6. The molecule has 0 bridgehead atoms. The van der Waals surface area contributed by atoms with E-state index in [0.29, 0.717) is 17.4 Å². The molecule has 2 aliphatic rings. The molecule has 3 heterocycles. The van der Waals surface area contributed by atoms with Crippen LogP contribution < -0.4 is 15.8 Å². The first-order chi connectivity index (χ1) is 14.1. The van der Waals surface area contributed by atoms with E-state index < -0.39 is 5.82 Å². The number of hydrogen-bond acceptors (Lipinski definition) is 6. The van der Waals surface area contributed by atoms with Crippen LogP contribution in [0.25, 0.3) is 0 Å². The number of amides is 2. The summed E-state index contributed by atoms with van der Waals surface area (Å²) in [5.41, 5.74) is 5.84. The number of piperidine rings is 1. The van der Waals surface area contributed by atoms with Crippen LogP contribution in [0.3, 0.4) is 0 Å². The quantitative estimate of drug-likeness (QED) is 0.749. The number of carbonyl (C=O) groups excluding carboxylic acids is 1. The second-order valence-corrected chi connectivity index (χ2v) is 7.55. The lowest BCUT2D eigenvalue weighted by Gasteiger charge is -2.38. The largest absolute Gasteiger partial charge is 0.436 e. The number of rotatable bonds is 5. The molecule has 2 aliphatic heterocycles. The number of nitrogens with two attached hydrogens (primary N) is 1. The lowest BCUT2D eigenvalue weighted by molar-refractivity contribution is 0.118. The topological polar surface area (TPSA) is 96.6 Å². The van der Waals surface area contributed by atoms with Crippen LogP contribution in [0, 0.1) is 11.7 Å². The highest BCUT2D eigenvalue weighted by Gasteiger charge is 2.26. The number of hydrogen-bond donors (Lipinski definition) is 2. The van der Waals surface area contributed by atoms with Crippen LogP contribution in [0.1, 0.15) is 19.3 Å². The van der Waals surface area contributed by atoms with Gasteiger partial charge in [-0.3, -0.25) is 5.32 Å². The zero-order valence-corrected chi connectivity index (χ0v) is 16.2. The first-order valence-corrected chi connectivity index (χ1v) is 9.90. The number of aromatic nitrogens is 2. The third kappa shape index (κ3) is 4.92. The van der Waals surface area contributed by atoms with Gasteiger partial charge in [-0.25, -0.2) is 19.2 Å². The van der Waals surface area contributed by atoms with Crippen molar-refractivity contribution in [2.45, 2.75) is 19.3 Å². The molecule has 29 heavy (non-hydrogen) atoms. The van der Waals surface area contributed by atoms with Crippen molar-refractivity contribution < 1.29 is 13.9 Å². The van der Waals surface area contributed by atoms with E-state index in [0.717, 1.165) is 32.5 Å². The summed E-state index contributed by atoms with van der Waals surface area (Å²) in [6.45, 7) is 5.02. The van der Waals surface area contributed by atoms with Crippen LogP contribution in [0.15, 0.2) is 30.6 Å². The fraction of sp³-hybridized carbons (Fsp3) is 0.450. The van der Waals surface area contributed by atoms with E-state index >= 15 is 0 Å². The molecule has 2 aromatic rings. The van der Waals surface area contributed by atoms with Crippen molar-refractivity contribution in [3.05, 3.63) is 36.4 Å². The van der Waals surface area contributed by atoms with Crippen LogP contribution in [0.5, 0.6) is 11.6 Å². The number of benzene rings is 1. The smallest absolute Gasteiger partial charge is 0.323 e. The van der Waals surface area contributed by atoms with E-state index in [2.05, 4.69) is 20.2 Å². The molecule has 0 spiro atoms. The number of nitrogens with one attached hydrogen (secondary N) is 1. The first-order valence-electron chi connectivity index (χ1n) is 9.90. The van der Waals surface area contributed by atoms with Crippen molar-refractivity contribution in [1.29, 1.82) is 0 Å². The summed E-state index contributed by atoms with van der Waals surface area (Å²) >= 11 is 0. The predicted molar refractivity (Wildman–Crippen MR) is 107 cm³/mol. The average molecular weight is 400 g/mol. The number of carbonyl (C=O) groups is 1. The Labute approximate surface area is 168 Å². The second-order valence-electron chi connectivity index (χ2n) is 7.55. The van der Waals surface area contributed by atoms with Crippen LogP contribution in [-0.2, 0) is 0 Å². The lowest BCUT2D eigenvalue weighted by atomic mass is 9.95. The van der Waals surface area contributed by atoms with E-state index in [9.17, 15) is 9.18 Å². The van der Waals surface area contributed by atoms with Crippen LogP contribution in [-0.4, -0.2) is 58.5 Å². The van der Waals surface area contributed by atoms with Gasteiger partial charge in [-0.2, -0.15) is 0 Å². The fourth-order valence-corrected chi connectivity index (χ4v) is 3.61. The third-order valence-corrected chi connectivity index (χ3v) is 5.41. The number of nitrogens with zero attached hydrogens (tertiary/aromatic N) is 4. The van der Waals surface area contributed by atoms with Gasteiger partial charge in [0.15, 0.2) is 11.6 Å². The second kappa shape index (κ2) is 8.60. The van der Waals surface area contributed by atoms with Gasteiger partial charge in [0.05, 0.1) is 0 Å². The van der Waals surface area contributed by atoms with Gasteiger partial charge in [-0.15, -0.1) is 0 Å². The number of halogens is 1. The molecule has 154 valence electrons. The van der Waals surface area contributed by atoms with Gasteiger partial charge in [0.2, 0.25) is 5.88 Å². The van der Waals surface area contributed by atoms with E-state index in [-0.39, 0.29) is 17.7 Å². The van der Waals surface area contributed by atoms with Gasteiger partial charge in [-0.1, -0.05) is 0 Å². The molecule has 2 saturated heterocycles. The van der Waals surface area contributed by atoms with Gasteiger partial charge in [0, 0.05) is 37.5 Å². The van der Waals surface area contributed by atoms with Gasteiger partial charge >= 0.3 is 6.03 Å². The molecule has 0 atom stereocenters. The number of ether oxygens (including phenoxy) is 1. The summed E-state index contributed by atoms with van der Waals surface area (Å²) in [5.74, 6) is 0.508. The fourth-order valence-electron chi connectivity index (χ4n) is 3.61. The minimum atomic E-state index is -0.588. The van der Waals surface area contributed by atoms with Crippen molar-refractivity contribution in [3.8, 4) is 11.6 Å². The summed E-state index contributed by atoms with van der Waals surface area (Å²) in [4.78, 5) is 24.9. The molecule has 1 aromatic heterocycles. The van der Waals surface area contributed by atoms with Crippen molar-refractivity contribution in [1.82, 2.24) is 19.8 Å². The van der Waals surface area contributed by atoms with Crippen LogP contribution >= 0.6 is 0 Å². The molecule has 0 aliphatic carbocycles. The summed E-state index contributed by atoms with van der Waals surface area (Å²) < 4.78 is 19.3. The molecular formula is C20H25FN6O2. The maximum absolute atomic E-state index is 13.9. The highest BCUT2D eigenvalue weighted by molar-refractivity contribution is 5.88. The van der Waals surface area contributed by atoms with Crippen molar-refractivity contribution in [2.75, 3.05) is 43.8 Å². The van der Waals surface area contributed by atoms with Crippen molar-refractivity contribution >= 4 is 17.5 Å². The SMILES string of the molecule is Nc1ccc(Oc2cc(NC(=O)N3CCC(CN4CCC4)CC3)ncn2)c(F)c1. The minimum absolute atomic E-state index is 0.000508. The maximum Gasteiger partial charge on any atom is 0.323 e. The Kier molecular flexibility index (Phi) is 5.75. The predicted octanol–water partition coefficient (Wildman–Crippen LogP) is 2.94.